The van der Waals surface area contributed by atoms with Crippen LogP contribution in [-0.4, -0.2) is 43.2 Å². The van der Waals surface area contributed by atoms with Crippen molar-refractivity contribution < 1.29 is 26.0 Å². The first-order chi connectivity index (χ1) is 14.9. The maximum absolute atomic E-state index is 13.7. The average molecular weight is 468 g/mol. The molecule has 4 rings (SSSR count). The second-order valence-corrected chi connectivity index (χ2v) is 9.19. The smallest absolute Gasteiger partial charge is 0.324 e. The summed E-state index contributed by atoms with van der Waals surface area (Å²) < 4.78 is 81.4. The third kappa shape index (κ3) is 3.51. The van der Waals surface area contributed by atoms with Gasteiger partial charge in [0.2, 0.25) is 0 Å². The van der Waals surface area contributed by atoms with Gasteiger partial charge < -0.3 is 9.13 Å². The predicted octanol–water partition coefficient (Wildman–Crippen LogP) is 3.38. The van der Waals surface area contributed by atoms with E-state index in [0.29, 0.717) is 0 Å². The topological polar surface area (TPSA) is 95.6 Å². The lowest BCUT2D eigenvalue weighted by Crippen LogP contribution is -2.11. The Balaban J connectivity index is 2.02. The minimum Gasteiger partial charge on any atom is -0.324 e. The molecule has 32 heavy (non-hydrogen) atoms. The Morgan fingerprint density at radius 3 is 2.34 bits per heavy atom. The number of fused-ring (bicyclic) bond motifs is 1. The van der Waals surface area contributed by atoms with E-state index < -0.39 is 27.5 Å². The van der Waals surface area contributed by atoms with E-state index >= 15 is 0 Å². The highest BCUT2D eigenvalue weighted by atomic mass is 32.2. The van der Waals surface area contributed by atoms with Gasteiger partial charge in [0.15, 0.2) is 20.7 Å². The van der Waals surface area contributed by atoms with E-state index in [2.05, 4.69) is 19.9 Å². The Morgan fingerprint density at radius 2 is 1.72 bits per heavy atom. The van der Waals surface area contributed by atoms with E-state index in [4.69, 9.17) is 0 Å². The molecule has 0 atom stereocenters. The van der Waals surface area contributed by atoms with Crippen molar-refractivity contribution in [1.82, 2.24) is 29.1 Å². The molecule has 8 nitrogen and oxygen atoms in total. The molecule has 0 unspecified atom stereocenters. The Hall–Kier alpha value is -3.35. The fraction of sp³-hybridized carbons (Fsp3) is 0.263. The molecule has 0 aromatic carbocycles. The summed E-state index contributed by atoms with van der Waals surface area (Å²) in [6.45, 7) is 1.45. The molecule has 0 N–H and O–H groups in total. The van der Waals surface area contributed by atoms with E-state index in [1.807, 2.05) is 0 Å². The SMILES string of the molecule is CCS(=O)(=O)c1c(-c2nc3cc(C(F)(F)F)ncc3n2C)nc(-c2cncc(F)c2)n1C. The van der Waals surface area contributed by atoms with Crippen LogP contribution in [0.15, 0.2) is 35.7 Å². The monoisotopic (exact) mass is 468 g/mol. The maximum atomic E-state index is 13.7. The summed E-state index contributed by atoms with van der Waals surface area (Å²) in [5, 5.41) is -0.193. The van der Waals surface area contributed by atoms with Gasteiger partial charge in [0.1, 0.15) is 23.0 Å². The van der Waals surface area contributed by atoms with Gasteiger partial charge in [0.05, 0.1) is 29.2 Å². The summed E-state index contributed by atoms with van der Waals surface area (Å²) in [6.07, 6.45) is -1.33. The van der Waals surface area contributed by atoms with Crippen LogP contribution in [0.4, 0.5) is 17.6 Å². The van der Waals surface area contributed by atoms with Gasteiger partial charge in [0, 0.05) is 25.9 Å². The van der Waals surface area contributed by atoms with Crippen molar-refractivity contribution in [3.8, 4) is 22.9 Å². The van der Waals surface area contributed by atoms with E-state index in [-0.39, 0.29) is 44.7 Å². The molecule has 0 fully saturated rings. The molecule has 0 aliphatic rings. The van der Waals surface area contributed by atoms with Gasteiger partial charge >= 0.3 is 6.18 Å². The molecule has 4 heterocycles. The van der Waals surface area contributed by atoms with Gasteiger partial charge in [0.25, 0.3) is 0 Å². The number of imidazole rings is 2. The zero-order valence-electron chi connectivity index (χ0n) is 17.0. The average Bonchev–Trinajstić information content (AvgIpc) is 3.24. The van der Waals surface area contributed by atoms with Crippen molar-refractivity contribution >= 4 is 20.9 Å². The van der Waals surface area contributed by atoms with Gasteiger partial charge in [-0.2, -0.15) is 13.2 Å². The lowest BCUT2D eigenvalue weighted by molar-refractivity contribution is -0.141. The second-order valence-electron chi connectivity index (χ2n) is 6.99. The van der Waals surface area contributed by atoms with Crippen molar-refractivity contribution in [1.29, 1.82) is 0 Å². The second kappa shape index (κ2) is 7.36. The Bertz CT molecular complexity index is 1460. The normalized spacial score (nSPS) is 12.6. The van der Waals surface area contributed by atoms with Crippen LogP contribution < -0.4 is 0 Å². The third-order valence-corrected chi connectivity index (χ3v) is 6.77. The number of halogens is 4. The predicted molar refractivity (Wildman–Crippen MR) is 107 cm³/mol. The van der Waals surface area contributed by atoms with Crippen LogP contribution in [0.1, 0.15) is 12.6 Å². The number of aryl methyl sites for hydroxylation is 1. The van der Waals surface area contributed by atoms with Gasteiger partial charge in [-0.1, -0.05) is 6.92 Å². The van der Waals surface area contributed by atoms with E-state index in [1.165, 1.54) is 36.4 Å². The number of alkyl halides is 3. The molecular formula is C19H16F4N6O2S. The first-order valence-electron chi connectivity index (χ1n) is 9.24. The first kappa shape index (κ1) is 21.9. The van der Waals surface area contributed by atoms with E-state index in [0.717, 1.165) is 24.5 Å². The molecule has 0 bridgehead atoms. The molecule has 168 valence electrons. The standard InChI is InChI=1S/C19H16F4N6O2S/c1-4-32(30,31)18-15(27-16(29(18)3)10-5-11(20)8-24-7-10)17-26-12-6-14(19(21,22)23)25-9-13(12)28(17)2/h5-9H,4H2,1-3H3. The minimum atomic E-state index is -4.66. The fourth-order valence-electron chi connectivity index (χ4n) is 3.37. The van der Waals surface area contributed by atoms with Crippen molar-refractivity contribution in [3.05, 3.63) is 42.2 Å². The highest BCUT2D eigenvalue weighted by Gasteiger charge is 2.34. The van der Waals surface area contributed by atoms with E-state index in [1.54, 1.807) is 0 Å². The molecule has 13 heteroatoms. The largest absolute Gasteiger partial charge is 0.433 e. The lowest BCUT2D eigenvalue weighted by atomic mass is 10.2. The molecule has 0 aliphatic carbocycles. The number of hydrogen-bond donors (Lipinski definition) is 0. The molecule has 4 aromatic heterocycles. The molecule has 0 amide bonds. The molecule has 0 aliphatic heterocycles. The van der Waals surface area contributed by atoms with Gasteiger partial charge in [-0.15, -0.1) is 0 Å². The number of aromatic nitrogens is 6. The summed E-state index contributed by atoms with van der Waals surface area (Å²) in [4.78, 5) is 15.8. The quantitative estimate of drug-likeness (QED) is 0.426. The summed E-state index contributed by atoms with van der Waals surface area (Å²) in [6, 6.07) is 1.93. The fourth-order valence-corrected chi connectivity index (χ4v) is 4.58. The van der Waals surface area contributed by atoms with Crippen molar-refractivity contribution in [3.63, 3.8) is 0 Å². The lowest BCUT2D eigenvalue weighted by Gasteiger charge is -2.07. The highest BCUT2D eigenvalue weighted by Crippen LogP contribution is 2.34. The maximum Gasteiger partial charge on any atom is 0.433 e. The molecule has 4 aromatic rings. The summed E-state index contributed by atoms with van der Waals surface area (Å²) in [5.41, 5.74) is -0.729. The zero-order chi connectivity index (χ0) is 23.4. The summed E-state index contributed by atoms with van der Waals surface area (Å²) >= 11 is 0. The third-order valence-electron chi connectivity index (χ3n) is 4.95. The minimum absolute atomic E-state index is 0.0238. The molecular weight excluding hydrogens is 452 g/mol. The Kier molecular flexibility index (Phi) is 5.03. The highest BCUT2D eigenvalue weighted by molar-refractivity contribution is 7.91. The first-order valence-corrected chi connectivity index (χ1v) is 10.9. The van der Waals surface area contributed by atoms with Crippen molar-refractivity contribution in [2.45, 2.75) is 18.1 Å². The zero-order valence-corrected chi connectivity index (χ0v) is 17.8. The Morgan fingerprint density at radius 1 is 1.00 bits per heavy atom. The van der Waals surface area contributed by atoms with Crippen molar-refractivity contribution in [2.24, 2.45) is 14.1 Å². The molecule has 0 radical (unpaired) electrons. The van der Waals surface area contributed by atoms with Crippen molar-refractivity contribution in [2.75, 3.05) is 5.75 Å². The summed E-state index contributed by atoms with van der Waals surface area (Å²) in [5.74, 6) is -0.760. The van der Waals surface area contributed by atoms with Crippen LogP contribution in [0.3, 0.4) is 0 Å². The number of pyridine rings is 2. The Labute approximate surface area is 179 Å². The van der Waals surface area contributed by atoms with Crippen LogP contribution in [-0.2, 0) is 30.1 Å². The number of rotatable bonds is 4. The number of hydrogen-bond acceptors (Lipinski definition) is 6. The van der Waals surface area contributed by atoms with Crippen LogP contribution in [0, 0.1) is 5.82 Å². The molecule has 0 saturated heterocycles. The van der Waals surface area contributed by atoms with E-state index in [9.17, 15) is 26.0 Å². The van der Waals surface area contributed by atoms with Crippen LogP contribution in [0.2, 0.25) is 0 Å². The number of sulfone groups is 1. The van der Waals surface area contributed by atoms with Crippen LogP contribution >= 0.6 is 0 Å². The van der Waals surface area contributed by atoms with Gasteiger partial charge in [-0.05, 0) is 12.1 Å². The van der Waals surface area contributed by atoms with Crippen LogP contribution in [0.5, 0.6) is 0 Å². The molecule has 0 saturated carbocycles. The molecule has 0 spiro atoms. The van der Waals surface area contributed by atoms with Gasteiger partial charge in [-0.3, -0.25) is 4.98 Å². The van der Waals surface area contributed by atoms with Gasteiger partial charge in [-0.25, -0.2) is 27.8 Å². The number of nitrogens with zero attached hydrogens (tertiary/aromatic N) is 6. The summed E-state index contributed by atoms with van der Waals surface area (Å²) in [7, 11) is -0.890. The van der Waals surface area contributed by atoms with Crippen LogP contribution in [0.25, 0.3) is 33.9 Å².